The number of hydrogen-bond acceptors (Lipinski definition) is 5. The van der Waals surface area contributed by atoms with E-state index in [2.05, 4.69) is 10.2 Å². The highest BCUT2D eigenvalue weighted by atomic mass is 32.1. The number of ether oxygens (including phenoxy) is 1. The fourth-order valence-electron chi connectivity index (χ4n) is 4.44. The van der Waals surface area contributed by atoms with Gasteiger partial charge in [-0.15, -0.1) is 11.3 Å². The fourth-order valence-corrected chi connectivity index (χ4v) is 5.62. The van der Waals surface area contributed by atoms with E-state index in [-0.39, 0.29) is 17.7 Å². The van der Waals surface area contributed by atoms with E-state index < -0.39 is 0 Å². The molecule has 0 aromatic carbocycles. The van der Waals surface area contributed by atoms with Gasteiger partial charge in [-0.25, -0.2) is 0 Å². The molecule has 1 aliphatic carbocycles. The topological polar surface area (TPSA) is 61.9 Å². The van der Waals surface area contributed by atoms with Gasteiger partial charge in [-0.05, 0) is 69.8 Å². The molecule has 3 heterocycles. The molecule has 4 rings (SSSR count). The first-order valence-electron chi connectivity index (χ1n) is 10.7. The molecule has 1 N–H and O–H groups in total. The summed E-state index contributed by atoms with van der Waals surface area (Å²) in [6, 6.07) is 2.03. The molecule has 154 valence electrons. The van der Waals surface area contributed by atoms with Crippen LogP contribution in [0, 0.1) is 5.92 Å². The van der Waals surface area contributed by atoms with E-state index in [1.807, 2.05) is 11.0 Å². The van der Waals surface area contributed by atoms with Crippen LogP contribution in [0.2, 0.25) is 0 Å². The molecule has 1 atom stereocenters. The average molecular weight is 406 g/mol. The zero-order valence-corrected chi connectivity index (χ0v) is 17.4. The summed E-state index contributed by atoms with van der Waals surface area (Å²) in [5.74, 6) is 0.338. The number of carbonyl (C=O) groups excluding carboxylic acids is 2. The standard InChI is InChI=1S/C21H31N3O3S/c25-20(22-6-3-9-23-7-1-2-8-23)16-4-5-18-17(14-16)15-19(28-18)21(26)24-10-12-27-13-11-24/h15-16H,1-14H2,(H,22,25)/t16-/m1/s1. The smallest absolute Gasteiger partial charge is 0.264 e. The first-order chi connectivity index (χ1) is 13.7. The Bertz CT molecular complexity index is 693. The highest BCUT2D eigenvalue weighted by Gasteiger charge is 2.28. The summed E-state index contributed by atoms with van der Waals surface area (Å²) in [5, 5.41) is 3.14. The summed E-state index contributed by atoms with van der Waals surface area (Å²) in [5.41, 5.74) is 1.20. The molecule has 28 heavy (non-hydrogen) atoms. The maximum absolute atomic E-state index is 12.7. The molecule has 0 bridgehead atoms. The average Bonchev–Trinajstić information content (AvgIpc) is 3.40. The van der Waals surface area contributed by atoms with Crippen LogP contribution in [0.1, 0.15) is 45.8 Å². The molecule has 6 nitrogen and oxygen atoms in total. The fraction of sp³-hybridized carbons (Fsp3) is 0.714. The summed E-state index contributed by atoms with van der Waals surface area (Å²) in [7, 11) is 0. The SMILES string of the molecule is O=C(NCCCN1CCCC1)[C@@H]1CCc2sc(C(=O)N3CCOCC3)cc2C1. The van der Waals surface area contributed by atoms with Gasteiger partial charge in [0.25, 0.3) is 5.91 Å². The summed E-state index contributed by atoms with van der Waals surface area (Å²) >= 11 is 1.62. The summed E-state index contributed by atoms with van der Waals surface area (Å²) in [4.78, 5) is 31.8. The molecule has 7 heteroatoms. The molecule has 2 fully saturated rings. The second-order valence-electron chi connectivity index (χ2n) is 8.10. The first-order valence-corrected chi connectivity index (χ1v) is 11.5. The van der Waals surface area contributed by atoms with Crippen molar-refractivity contribution in [2.75, 3.05) is 52.5 Å². The molecule has 0 radical (unpaired) electrons. The van der Waals surface area contributed by atoms with Gasteiger partial charge < -0.3 is 19.9 Å². The lowest BCUT2D eigenvalue weighted by Crippen LogP contribution is -2.40. The number of carbonyl (C=O) groups is 2. The lowest BCUT2D eigenvalue weighted by molar-refractivity contribution is -0.125. The van der Waals surface area contributed by atoms with Crippen LogP contribution in [0.4, 0.5) is 0 Å². The number of fused-ring (bicyclic) bond motifs is 1. The minimum Gasteiger partial charge on any atom is -0.378 e. The number of aryl methyl sites for hydroxylation is 1. The van der Waals surface area contributed by atoms with E-state index in [1.165, 1.54) is 36.4 Å². The van der Waals surface area contributed by atoms with Gasteiger partial charge in [0.05, 0.1) is 18.1 Å². The van der Waals surface area contributed by atoms with Gasteiger partial charge in [-0.1, -0.05) is 0 Å². The van der Waals surface area contributed by atoms with Crippen molar-refractivity contribution >= 4 is 23.2 Å². The number of rotatable bonds is 6. The van der Waals surface area contributed by atoms with Crippen molar-refractivity contribution in [1.82, 2.24) is 15.1 Å². The Morgan fingerprint density at radius 1 is 1.18 bits per heavy atom. The zero-order valence-electron chi connectivity index (χ0n) is 16.6. The van der Waals surface area contributed by atoms with Crippen LogP contribution in [0.5, 0.6) is 0 Å². The molecule has 0 spiro atoms. The van der Waals surface area contributed by atoms with Crippen molar-refractivity contribution in [2.24, 2.45) is 5.92 Å². The van der Waals surface area contributed by atoms with Crippen LogP contribution >= 0.6 is 11.3 Å². The van der Waals surface area contributed by atoms with E-state index in [1.54, 1.807) is 11.3 Å². The zero-order chi connectivity index (χ0) is 19.3. The molecular formula is C21H31N3O3S. The number of nitrogens with zero attached hydrogens (tertiary/aromatic N) is 2. The molecule has 1 aromatic rings. The third kappa shape index (κ3) is 4.75. The van der Waals surface area contributed by atoms with Crippen molar-refractivity contribution in [3.63, 3.8) is 0 Å². The highest BCUT2D eigenvalue weighted by Crippen LogP contribution is 2.33. The quantitative estimate of drug-likeness (QED) is 0.735. The minimum atomic E-state index is 0.0419. The summed E-state index contributed by atoms with van der Waals surface area (Å²) < 4.78 is 5.34. The number of thiophene rings is 1. The Hall–Kier alpha value is -1.44. The van der Waals surface area contributed by atoms with Crippen LogP contribution < -0.4 is 5.32 Å². The molecule has 2 saturated heterocycles. The van der Waals surface area contributed by atoms with Crippen LogP contribution in [0.15, 0.2) is 6.07 Å². The number of likely N-dealkylation sites (tertiary alicyclic amines) is 1. The van der Waals surface area contributed by atoms with Gasteiger partial charge in [0, 0.05) is 30.4 Å². The summed E-state index contributed by atoms with van der Waals surface area (Å²) in [6.45, 7) is 6.86. The van der Waals surface area contributed by atoms with Crippen molar-refractivity contribution in [1.29, 1.82) is 0 Å². The Balaban J connectivity index is 1.26. The van der Waals surface area contributed by atoms with Gasteiger partial charge >= 0.3 is 0 Å². The molecule has 0 saturated carbocycles. The lowest BCUT2D eigenvalue weighted by Gasteiger charge is -2.26. The second kappa shape index (κ2) is 9.37. The maximum Gasteiger partial charge on any atom is 0.264 e. The monoisotopic (exact) mass is 405 g/mol. The van der Waals surface area contributed by atoms with E-state index in [0.29, 0.717) is 26.3 Å². The van der Waals surface area contributed by atoms with Crippen molar-refractivity contribution in [2.45, 2.75) is 38.5 Å². The molecule has 2 aliphatic heterocycles. The molecular weight excluding hydrogens is 374 g/mol. The highest BCUT2D eigenvalue weighted by molar-refractivity contribution is 7.14. The molecule has 3 aliphatic rings. The minimum absolute atomic E-state index is 0.0419. The molecule has 0 unspecified atom stereocenters. The third-order valence-electron chi connectivity index (χ3n) is 6.11. The number of nitrogens with one attached hydrogen (secondary N) is 1. The van der Waals surface area contributed by atoms with Gasteiger partial charge in [0.15, 0.2) is 0 Å². The predicted molar refractivity (Wildman–Crippen MR) is 110 cm³/mol. The first kappa shape index (κ1) is 19.9. The van der Waals surface area contributed by atoms with Crippen molar-refractivity contribution in [3.8, 4) is 0 Å². The van der Waals surface area contributed by atoms with E-state index in [0.717, 1.165) is 43.6 Å². The van der Waals surface area contributed by atoms with E-state index in [9.17, 15) is 9.59 Å². The normalized spacial score (nSPS) is 22.9. The maximum atomic E-state index is 12.7. The van der Waals surface area contributed by atoms with Gasteiger partial charge in [-0.2, -0.15) is 0 Å². The largest absolute Gasteiger partial charge is 0.378 e. The summed E-state index contributed by atoms with van der Waals surface area (Å²) in [6.07, 6.45) is 6.21. The van der Waals surface area contributed by atoms with Crippen LogP contribution in [-0.4, -0.2) is 74.1 Å². The second-order valence-corrected chi connectivity index (χ2v) is 9.23. The van der Waals surface area contributed by atoms with Crippen LogP contribution in [0.3, 0.4) is 0 Å². The molecule has 1 aromatic heterocycles. The number of hydrogen-bond donors (Lipinski definition) is 1. The number of amides is 2. The Morgan fingerprint density at radius 2 is 1.96 bits per heavy atom. The van der Waals surface area contributed by atoms with E-state index >= 15 is 0 Å². The van der Waals surface area contributed by atoms with E-state index in [4.69, 9.17) is 4.74 Å². The number of morpholine rings is 1. The van der Waals surface area contributed by atoms with Crippen molar-refractivity contribution < 1.29 is 14.3 Å². The molecule has 2 amide bonds. The van der Waals surface area contributed by atoms with Gasteiger partial charge in [0.2, 0.25) is 5.91 Å². The third-order valence-corrected chi connectivity index (χ3v) is 7.34. The van der Waals surface area contributed by atoms with Gasteiger partial charge in [-0.3, -0.25) is 9.59 Å². The Labute approximate surface area is 171 Å². The predicted octanol–water partition coefficient (Wildman–Crippen LogP) is 1.93. The van der Waals surface area contributed by atoms with Crippen LogP contribution in [-0.2, 0) is 22.4 Å². The van der Waals surface area contributed by atoms with Crippen molar-refractivity contribution in [3.05, 3.63) is 21.4 Å². The Morgan fingerprint density at radius 3 is 2.75 bits per heavy atom. The van der Waals surface area contributed by atoms with Gasteiger partial charge in [0.1, 0.15) is 0 Å². The Kier molecular flexibility index (Phi) is 6.65. The van der Waals surface area contributed by atoms with Crippen LogP contribution in [0.25, 0.3) is 0 Å². The lowest BCUT2D eigenvalue weighted by atomic mass is 9.87.